The van der Waals surface area contributed by atoms with Crippen molar-refractivity contribution in [2.24, 2.45) is 0 Å². The molecule has 2 aromatic rings. The SMILES string of the molecule is Cc1cc2ccn(CCCCl)c2c(=O)[nH]1. The third kappa shape index (κ3) is 1.92. The van der Waals surface area contributed by atoms with Crippen molar-refractivity contribution in [3.63, 3.8) is 0 Å². The average molecular weight is 225 g/mol. The maximum atomic E-state index is 11.7. The third-order valence-electron chi connectivity index (χ3n) is 2.43. The van der Waals surface area contributed by atoms with Crippen molar-refractivity contribution < 1.29 is 0 Å². The lowest BCUT2D eigenvalue weighted by atomic mass is 10.3. The quantitative estimate of drug-likeness (QED) is 0.798. The molecule has 0 fully saturated rings. The summed E-state index contributed by atoms with van der Waals surface area (Å²) in [4.78, 5) is 14.5. The summed E-state index contributed by atoms with van der Waals surface area (Å²) in [6.45, 7) is 2.68. The molecule has 0 aliphatic carbocycles. The number of aromatic amines is 1. The lowest BCUT2D eigenvalue weighted by molar-refractivity contribution is 0.704. The number of pyridine rings is 1. The molecule has 3 nitrogen and oxygen atoms in total. The second-order valence-electron chi connectivity index (χ2n) is 3.64. The van der Waals surface area contributed by atoms with Crippen molar-refractivity contribution in [2.45, 2.75) is 19.9 Å². The molecule has 0 atom stereocenters. The van der Waals surface area contributed by atoms with Gasteiger partial charge in [0.05, 0.1) is 0 Å². The van der Waals surface area contributed by atoms with Gasteiger partial charge in [-0.05, 0) is 25.5 Å². The molecule has 0 amide bonds. The number of aromatic nitrogens is 2. The maximum absolute atomic E-state index is 11.7. The van der Waals surface area contributed by atoms with E-state index in [-0.39, 0.29) is 5.56 Å². The van der Waals surface area contributed by atoms with Crippen LogP contribution in [-0.2, 0) is 6.54 Å². The zero-order valence-electron chi connectivity index (χ0n) is 8.59. The first-order valence-corrected chi connectivity index (χ1v) is 5.50. The van der Waals surface area contributed by atoms with Crippen LogP contribution < -0.4 is 5.56 Å². The highest BCUT2D eigenvalue weighted by Gasteiger charge is 2.05. The van der Waals surface area contributed by atoms with Crippen molar-refractivity contribution in [1.29, 1.82) is 0 Å². The van der Waals surface area contributed by atoms with E-state index in [1.54, 1.807) is 0 Å². The molecule has 2 rings (SSSR count). The number of H-pyrrole nitrogens is 1. The molecular formula is C11H13ClN2O. The van der Waals surface area contributed by atoms with Crippen molar-refractivity contribution >= 4 is 22.5 Å². The van der Waals surface area contributed by atoms with E-state index in [1.807, 2.05) is 29.8 Å². The Balaban J connectivity index is 2.54. The van der Waals surface area contributed by atoms with Gasteiger partial charge in [-0.3, -0.25) is 4.79 Å². The summed E-state index contributed by atoms with van der Waals surface area (Å²) in [5.41, 5.74) is 1.61. The van der Waals surface area contributed by atoms with Crippen LogP contribution in [0.2, 0.25) is 0 Å². The van der Waals surface area contributed by atoms with E-state index in [1.165, 1.54) is 0 Å². The van der Waals surface area contributed by atoms with Crippen LogP contribution in [0.4, 0.5) is 0 Å². The minimum Gasteiger partial charge on any atom is -0.343 e. The molecule has 2 heterocycles. The van der Waals surface area contributed by atoms with Crippen LogP contribution in [0.15, 0.2) is 23.1 Å². The van der Waals surface area contributed by atoms with E-state index in [2.05, 4.69) is 4.98 Å². The number of halogens is 1. The minimum atomic E-state index is -0.0235. The van der Waals surface area contributed by atoms with E-state index < -0.39 is 0 Å². The van der Waals surface area contributed by atoms with E-state index in [0.29, 0.717) is 5.88 Å². The van der Waals surface area contributed by atoms with Crippen LogP contribution in [-0.4, -0.2) is 15.4 Å². The van der Waals surface area contributed by atoms with Gasteiger partial charge in [0.2, 0.25) is 0 Å². The van der Waals surface area contributed by atoms with Gasteiger partial charge in [-0.15, -0.1) is 11.6 Å². The lowest BCUT2D eigenvalue weighted by Gasteiger charge is -2.02. The minimum absolute atomic E-state index is 0.0235. The van der Waals surface area contributed by atoms with E-state index in [0.717, 1.165) is 29.6 Å². The molecule has 80 valence electrons. The molecule has 0 spiro atoms. The molecule has 1 N–H and O–H groups in total. The zero-order chi connectivity index (χ0) is 10.8. The highest BCUT2D eigenvalue weighted by Crippen LogP contribution is 2.12. The number of fused-ring (bicyclic) bond motifs is 1. The first-order chi connectivity index (χ1) is 7.22. The fourth-order valence-electron chi connectivity index (χ4n) is 1.79. The molecule has 0 aliphatic rings. The number of alkyl halides is 1. The molecule has 4 heteroatoms. The lowest BCUT2D eigenvalue weighted by Crippen LogP contribution is -2.12. The molecule has 15 heavy (non-hydrogen) atoms. The molecule has 0 saturated carbocycles. The Morgan fingerprint density at radius 3 is 3.07 bits per heavy atom. The molecular weight excluding hydrogens is 212 g/mol. The Morgan fingerprint density at radius 1 is 1.53 bits per heavy atom. The van der Waals surface area contributed by atoms with Gasteiger partial charge in [0.25, 0.3) is 5.56 Å². The molecule has 0 aliphatic heterocycles. The molecule has 0 unspecified atom stereocenters. The van der Waals surface area contributed by atoms with Crippen LogP contribution in [0.5, 0.6) is 0 Å². The monoisotopic (exact) mass is 224 g/mol. The predicted octanol–water partition coefficient (Wildman–Crippen LogP) is 2.27. The fraction of sp³-hybridized carbons (Fsp3) is 0.364. The van der Waals surface area contributed by atoms with Crippen molar-refractivity contribution in [1.82, 2.24) is 9.55 Å². The summed E-state index contributed by atoms with van der Waals surface area (Å²) < 4.78 is 1.95. The van der Waals surface area contributed by atoms with Crippen LogP contribution >= 0.6 is 11.6 Å². The zero-order valence-corrected chi connectivity index (χ0v) is 9.34. The number of rotatable bonds is 3. The molecule has 0 aromatic carbocycles. The van der Waals surface area contributed by atoms with Crippen molar-refractivity contribution in [3.8, 4) is 0 Å². The van der Waals surface area contributed by atoms with E-state index in [4.69, 9.17) is 11.6 Å². The highest BCUT2D eigenvalue weighted by atomic mass is 35.5. The Hall–Kier alpha value is -1.22. The Bertz CT molecular complexity index is 527. The van der Waals surface area contributed by atoms with Gasteiger partial charge in [-0.1, -0.05) is 0 Å². The number of hydrogen-bond acceptors (Lipinski definition) is 1. The van der Waals surface area contributed by atoms with Crippen LogP contribution in [0.3, 0.4) is 0 Å². The van der Waals surface area contributed by atoms with Gasteiger partial charge >= 0.3 is 0 Å². The van der Waals surface area contributed by atoms with Crippen LogP contribution in [0.1, 0.15) is 12.1 Å². The number of nitrogens with zero attached hydrogens (tertiary/aromatic N) is 1. The normalized spacial score (nSPS) is 11.1. The summed E-state index contributed by atoms with van der Waals surface area (Å²) in [5, 5.41) is 0.992. The molecule has 0 radical (unpaired) electrons. The maximum Gasteiger partial charge on any atom is 0.272 e. The predicted molar refractivity (Wildman–Crippen MR) is 62.6 cm³/mol. The summed E-state index contributed by atoms with van der Waals surface area (Å²) in [6.07, 6.45) is 2.81. The Labute approximate surface area is 92.7 Å². The topological polar surface area (TPSA) is 37.8 Å². The number of aryl methyl sites for hydroxylation is 2. The van der Waals surface area contributed by atoms with Gasteiger partial charge in [-0.25, -0.2) is 0 Å². The van der Waals surface area contributed by atoms with Crippen LogP contribution in [0.25, 0.3) is 10.9 Å². The highest BCUT2D eigenvalue weighted by molar-refractivity contribution is 6.17. The second-order valence-corrected chi connectivity index (χ2v) is 4.02. The third-order valence-corrected chi connectivity index (χ3v) is 2.69. The summed E-state index contributed by atoms with van der Waals surface area (Å²) in [5.74, 6) is 0.615. The standard InChI is InChI=1S/C11H13ClN2O/c1-8-7-9-3-6-14(5-2-4-12)10(9)11(15)13-8/h3,6-7H,2,4-5H2,1H3,(H,13,15). The smallest absolute Gasteiger partial charge is 0.272 e. The molecule has 0 saturated heterocycles. The Morgan fingerprint density at radius 2 is 2.33 bits per heavy atom. The largest absolute Gasteiger partial charge is 0.343 e. The first kappa shape index (κ1) is 10.3. The summed E-state index contributed by atoms with van der Waals surface area (Å²) in [7, 11) is 0. The van der Waals surface area contributed by atoms with Gasteiger partial charge < -0.3 is 9.55 Å². The van der Waals surface area contributed by atoms with Gasteiger partial charge in [0.15, 0.2) is 0 Å². The van der Waals surface area contributed by atoms with Crippen LogP contribution in [0, 0.1) is 6.92 Å². The Kier molecular flexibility index (Phi) is 2.82. The summed E-state index contributed by atoms with van der Waals surface area (Å²) >= 11 is 5.64. The number of hydrogen-bond donors (Lipinski definition) is 1. The van der Waals surface area contributed by atoms with Crippen molar-refractivity contribution in [3.05, 3.63) is 34.4 Å². The average Bonchev–Trinajstić information content (AvgIpc) is 2.58. The number of nitrogens with one attached hydrogen (secondary N) is 1. The van der Waals surface area contributed by atoms with E-state index >= 15 is 0 Å². The molecule has 0 bridgehead atoms. The molecule has 2 aromatic heterocycles. The van der Waals surface area contributed by atoms with E-state index in [9.17, 15) is 4.79 Å². The second kappa shape index (κ2) is 4.11. The summed E-state index contributed by atoms with van der Waals surface area (Å²) in [6, 6.07) is 3.94. The van der Waals surface area contributed by atoms with Gasteiger partial charge in [-0.2, -0.15) is 0 Å². The van der Waals surface area contributed by atoms with Gasteiger partial charge in [0, 0.05) is 29.7 Å². The fourth-order valence-corrected chi connectivity index (χ4v) is 1.91. The first-order valence-electron chi connectivity index (χ1n) is 4.97. The van der Waals surface area contributed by atoms with Gasteiger partial charge in [0.1, 0.15) is 5.52 Å². The van der Waals surface area contributed by atoms with Crippen molar-refractivity contribution in [2.75, 3.05) is 5.88 Å².